The number of thiocarbonyl (C=S) groups is 1. The van der Waals surface area contributed by atoms with Gasteiger partial charge < -0.3 is 9.84 Å². The molecule has 0 unspecified atom stereocenters. The first-order valence-electron chi connectivity index (χ1n) is 7.63. The molecule has 0 aromatic heterocycles. The molecule has 0 radical (unpaired) electrons. The van der Waals surface area contributed by atoms with Gasteiger partial charge in [0.15, 0.2) is 0 Å². The van der Waals surface area contributed by atoms with Crippen molar-refractivity contribution in [3.8, 4) is 5.75 Å². The minimum absolute atomic E-state index is 0.103. The van der Waals surface area contributed by atoms with Crippen LogP contribution >= 0.6 is 24.0 Å². The average molecular weight is 365 g/mol. The third-order valence-corrected chi connectivity index (χ3v) is 4.95. The van der Waals surface area contributed by atoms with Crippen LogP contribution in [-0.2, 0) is 9.59 Å². The Morgan fingerprint density at radius 1 is 1.33 bits per heavy atom. The Morgan fingerprint density at radius 2 is 2.08 bits per heavy atom. The van der Waals surface area contributed by atoms with E-state index in [2.05, 4.69) is 0 Å². The van der Waals surface area contributed by atoms with E-state index in [0.717, 1.165) is 18.4 Å². The molecule has 0 atom stereocenters. The Hall–Kier alpha value is -1.86. The third kappa shape index (κ3) is 4.82. The van der Waals surface area contributed by atoms with E-state index >= 15 is 0 Å². The van der Waals surface area contributed by atoms with Crippen LogP contribution in [0.25, 0.3) is 6.08 Å². The van der Waals surface area contributed by atoms with E-state index in [-0.39, 0.29) is 12.3 Å². The Bertz CT molecular complexity index is 672. The standard InChI is InChI=1S/C17H19NO4S2/c1-22-13-8-5-4-7-12(13)11-14-16(21)18(17(23)24-14)10-6-2-3-9-15(19)20/h4-5,7-8,11H,2-3,6,9-10H2,1H3,(H,19,20)/b14-11-. The zero-order valence-corrected chi connectivity index (χ0v) is 15.0. The number of ether oxygens (including phenoxy) is 1. The van der Waals surface area contributed by atoms with Crippen LogP contribution in [0.5, 0.6) is 5.75 Å². The molecule has 1 aliphatic heterocycles. The van der Waals surface area contributed by atoms with Crippen molar-refractivity contribution in [1.82, 2.24) is 4.90 Å². The maximum Gasteiger partial charge on any atom is 0.303 e. The smallest absolute Gasteiger partial charge is 0.303 e. The van der Waals surface area contributed by atoms with Crippen molar-refractivity contribution < 1.29 is 19.4 Å². The number of unbranched alkanes of at least 4 members (excludes halogenated alkanes) is 2. The number of rotatable bonds is 8. The number of benzene rings is 1. The molecule has 1 N–H and O–H groups in total. The van der Waals surface area contributed by atoms with Crippen LogP contribution in [-0.4, -0.2) is 39.9 Å². The lowest BCUT2D eigenvalue weighted by molar-refractivity contribution is -0.137. The Kier molecular flexibility index (Phi) is 6.81. The Morgan fingerprint density at radius 3 is 2.79 bits per heavy atom. The Balaban J connectivity index is 1.98. The summed E-state index contributed by atoms with van der Waals surface area (Å²) in [6.07, 6.45) is 4.06. The van der Waals surface area contributed by atoms with Gasteiger partial charge in [0.25, 0.3) is 5.91 Å². The number of hydrogen-bond donors (Lipinski definition) is 1. The molecule has 7 heteroatoms. The number of methoxy groups -OCH3 is 1. The summed E-state index contributed by atoms with van der Waals surface area (Å²) in [7, 11) is 1.59. The van der Waals surface area contributed by atoms with E-state index in [1.165, 1.54) is 11.8 Å². The summed E-state index contributed by atoms with van der Waals surface area (Å²) in [6.45, 7) is 0.521. The van der Waals surface area contributed by atoms with E-state index in [1.54, 1.807) is 18.1 Å². The number of nitrogens with zero attached hydrogens (tertiary/aromatic N) is 1. The first-order valence-corrected chi connectivity index (χ1v) is 8.85. The lowest BCUT2D eigenvalue weighted by Crippen LogP contribution is -2.29. The first kappa shape index (κ1) is 18.5. The van der Waals surface area contributed by atoms with Crippen molar-refractivity contribution in [2.24, 2.45) is 0 Å². The molecule has 0 spiro atoms. The topological polar surface area (TPSA) is 66.8 Å². The molecule has 0 bridgehead atoms. The summed E-state index contributed by atoms with van der Waals surface area (Å²) in [6, 6.07) is 7.49. The van der Waals surface area contributed by atoms with Crippen molar-refractivity contribution in [3.63, 3.8) is 0 Å². The van der Waals surface area contributed by atoms with Crippen molar-refractivity contribution in [1.29, 1.82) is 0 Å². The molecular formula is C17H19NO4S2. The predicted molar refractivity (Wildman–Crippen MR) is 99.0 cm³/mol. The number of hydrogen-bond acceptors (Lipinski definition) is 5. The molecule has 1 aromatic rings. The molecule has 1 amide bonds. The highest BCUT2D eigenvalue weighted by Crippen LogP contribution is 2.34. The zero-order valence-electron chi connectivity index (χ0n) is 13.4. The van der Waals surface area contributed by atoms with Crippen LogP contribution in [0.2, 0.25) is 0 Å². The van der Waals surface area contributed by atoms with Crippen molar-refractivity contribution >= 4 is 46.3 Å². The van der Waals surface area contributed by atoms with Crippen LogP contribution in [0.15, 0.2) is 29.2 Å². The molecule has 0 aliphatic carbocycles. The largest absolute Gasteiger partial charge is 0.496 e. The van der Waals surface area contributed by atoms with Crippen molar-refractivity contribution in [3.05, 3.63) is 34.7 Å². The fourth-order valence-electron chi connectivity index (χ4n) is 2.34. The highest BCUT2D eigenvalue weighted by Gasteiger charge is 2.31. The van der Waals surface area contributed by atoms with Crippen LogP contribution in [0.1, 0.15) is 31.2 Å². The first-order chi connectivity index (χ1) is 11.5. The predicted octanol–water partition coefficient (Wildman–Crippen LogP) is 3.54. The molecule has 1 saturated heterocycles. The molecule has 0 saturated carbocycles. The number of amides is 1. The van der Waals surface area contributed by atoms with Gasteiger partial charge in [0.2, 0.25) is 0 Å². The summed E-state index contributed by atoms with van der Waals surface area (Å²) in [4.78, 5) is 25.2. The lowest BCUT2D eigenvalue weighted by Gasteiger charge is -2.13. The van der Waals surface area contributed by atoms with Gasteiger partial charge in [-0.25, -0.2) is 0 Å². The van der Waals surface area contributed by atoms with Gasteiger partial charge in [-0.1, -0.05) is 48.6 Å². The summed E-state index contributed by atoms with van der Waals surface area (Å²) in [5.41, 5.74) is 0.835. The Labute approximate surface area is 150 Å². The number of thioether (sulfide) groups is 1. The van der Waals surface area contributed by atoms with Gasteiger partial charge in [-0.05, 0) is 25.0 Å². The van der Waals surface area contributed by atoms with Gasteiger partial charge in [0.05, 0.1) is 12.0 Å². The SMILES string of the molecule is COc1ccccc1/C=C1\SC(=S)N(CCCCCC(=O)O)C1=O. The molecule has 1 fully saturated rings. The van der Waals surface area contributed by atoms with E-state index in [4.69, 9.17) is 22.1 Å². The monoisotopic (exact) mass is 365 g/mol. The maximum atomic E-state index is 12.5. The molecule has 24 heavy (non-hydrogen) atoms. The minimum Gasteiger partial charge on any atom is -0.496 e. The molecule has 2 rings (SSSR count). The highest BCUT2D eigenvalue weighted by atomic mass is 32.2. The highest BCUT2D eigenvalue weighted by molar-refractivity contribution is 8.26. The number of carbonyl (C=O) groups is 2. The van der Waals surface area contributed by atoms with E-state index < -0.39 is 5.97 Å². The third-order valence-electron chi connectivity index (χ3n) is 3.57. The minimum atomic E-state index is -0.791. The average Bonchev–Trinajstić information content (AvgIpc) is 2.82. The van der Waals surface area contributed by atoms with Gasteiger partial charge >= 0.3 is 5.97 Å². The number of carboxylic acids is 1. The molecule has 5 nitrogen and oxygen atoms in total. The molecule has 1 aliphatic rings. The molecule has 1 heterocycles. The number of para-hydroxylation sites is 1. The van der Waals surface area contributed by atoms with Gasteiger partial charge in [-0.2, -0.15) is 0 Å². The second kappa shape index (κ2) is 8.84. The van der Waals surface area contributed by atoms with Gasteiger partial charge in [-0.3, -0.25) is 14.5 Å². The molecule has 128 valence electrons. The van der Waals surface area contributed by atoms with Crippen LogP contribution in [0, 0.1) is 0 Å². The fourth-order valence-corrected chi connectivity index (χ4v) is 3.64. The maximum absolute atomic E-state index is 12.5. The summed E-state index contributed by atoms with van der Waals surface area (Å²) in [5.74, 6) is -0.189. The molecular weight excluding hydrogens is 346 g/mol. The molecule has 1 aromatic carbocycles. The zero-order chi connectivity index (χ0) is 17.5. The van der Waals surface area contributed by atoms with Gasteiger partial charge in [0, 0.05) is 18.5 Å². The van der Waals surface area contributed by atoms with Crippen LogP contribution in [0.4, 0.5) is 0 Å². The van der Waals surface area contributed by atoms with Crippen molar-refractivity contribution in [2.45, 2.75) is 25.7 Å². The normalized spacial score (nSPS) is 16.0. The summed E-state index contributed by atoms with van der Waals surface area (Å²) in [5, 5.41) is 8.62. The van der Waals surface area contributed by atoms with Crippen LogP contribution < -0.4 is 4.74 Å². The lowest BCUT2D eigenvalue weighted by atomic mass is 10.1. The summed E-state index contributed by atoms with van der Waals surface area (Å²) < 4.78 is 5.84. The van der Waals surface area contributed by atoms with Crippen molar-refractivity contribution in [2.75, 3.05) is 13.7 Å². The van der Waals surface area contributed by atoms with Crippen LogP contribution in [0.3, 0.4) is 0 Å². The van der Waals surface area contributed by atoms with E-state index in [9.17, 15) is 9.59 Å². The van der Waals surface area contributed by atoms with Gasteiger partial charge in [-0.15, -0.1) is 0 Å². The number of carbonyl (C=O) groups excluding carboxylic acids is 1. The van der Waals surface area contributed by atoms with Gasteiger partial charge in [0.1, 0.15) is 10.1 Å². The quantitative estimate of drug-likeness (QED) is 0.432. The fraction of sp³-hybridized carbons (Fsp3) is 0.353. The summed E-state index contributed by atoms with van der Waals surface area (Å²) >= 11 is 6.58. The number of carboxylic acid groups (broad SMARTS) is 1. The second-order valence-corrected chi connectivity index (χ2v) is 6.96. The second-order valence-electron chi connectivity index (χ2n) is 5.28. The van der Waals surface area contributed by atoms with E-state index in [0.29, 0.717) is 27.9 Å². The number of aliphatic carboxylic acids is 1. The van der Waals surface area contributed by atoms with E-state index in [1.807, 2.05) is 24.3 Å².